The summed E-state index contributed by atoms with van der Waals surface area (Å²) in [7, 11) is 1.49. The standard InChI is InChI=1S/C14H15F3N2O5/c1-23-6-9-3-2-4-10(5-9)12(21)24-7-11(20)19-13(22)18-8-14(15,16)17/h2-5H,6-8H2,1H3,(H2,18,19,20,22). The third-order valence-electron chi connectivity index (χ3n) is 2.51. The first-order valence-corrected chi connectivity index (χ1v) is 6.60. The van der Waals surface area contributed by atoms with Crippen molar-refractivity contribution in [2.24, 2.45) is 0 Å². The van der Waals surface area contributed by atoms with E-state index in [0.29, 0.717) is 5.56 Å². The SMILES string of the molecule is COCc1cccc(C(=O)OCC(=O)NC(=O)NCC(F)(F)F)c1. The van der Waals surface area contributed by atoms with Gasteiger partial charge in [0.15, 0.2) is 6.61 Å². The molecule has 0 spiro atoms. The Hall–Kier alpha value is -2.62. The van der Waals surface area contributed by atoms with Crippen LogP contribution >= 0.6 is 0 Å². The Kier molecular flexibility index (Phi) is 7.18. The lowest BCUT2D eigenvalue weighted by Crippen LogP contribution is -2.44. The minimum Gasteiger partial charge on any atom is -0.452 e. The second-order valence-corrected chi connectivity index (χ2v) is 4.56. The number of amides is 3. The third kappa shape index (κ3) is 7.58. The lowest BCUT2D eigenvalue weighted by molar-refractivity contribution is -0.125. The van der Waals surface area contributed by atoms with E-state index >= 15 is 0 Å². The smallest absolute Gasteiger partial charge is 0.405 e. The van der Waals surface area contributed by atoms with Crippen molar-refractivity contribution in [3.63, 3.8) is 0 Å². The van der Waals surface area contributed by atoms with Gasteiger partial charge >= 0.3 is 18.2 Å². The molecule has 24 heavy (non-hydrogen) atoms. The second-order valence-electron chi connectivity index (χ2n) is 4.56. The molecule has 1 rings (SSSR count). The fourth-order valence-corrected chi connectivity index (χ4v) is 1.56. The number of esters is 1. The van der Waals surface area contributed by atoms with Crippen molar-refractivity contribution in [3.8, 4) is 0 Å². The Labute approximate surface area is 135 Å². The van der Waals surface area contributed by atoms with Gasteiger partial charge in [-0.3, -0.25) is 10.1 Å². The van der Waals surface area contributed by atoms with Gasteiger partial charge in [-0.1, -0.05) is 12.1 Å². The molecule has 2 N–H and O–H groups in total. The van der Waals surface area contributed by atoms with Crippen LogP contribution in [0.5, 0.6) is 0 Å². The highest BCUT2D eigenvalue weighted by Crippen LogP contribution is 2.12. The molecule has 0 atom stereocenters. The van der Waals surface area contributed by atoms with Gasteiger partial charge in [0.1, 0.15) is 6.54 Å². The van der Waals surface area contributed by atoms with Crippen LogP contribution in [0.4, 0.5) is 18.0 Å². The van der Waals surface area contributed by atoms with Crippen molar-refractivity contribution in [3.05, 3.63) is 35.4 Å². The maximum Gasteiger partial charge on any atom is 0.405 e. The highest BCUT2D eigenvalue weighted by atomic mass is 19.4. The van der Waals surface area contributed by atoms with E-state index in [4.69, 9.17) is 4.74 Å². The van der Waals surface area contributed by atoms with E-state index < -0.39 is 37.2 Å². The average Bonchev–Trinajstić information content (AvgIpc) is 2.50. The van der Waals surface area contributed by atoms with Gasteiger partial charge in [0.05, 0.1) is 12.2 Å². The molecule has 0 aliphatic rings. The zero-order valence-corrected chi connectivity index (χ0v) is 12.6. The third-order valence-corrected chi connectivity index (χ3v) is 2.51. The molecule has 3 amide bonds. The van der Waals surface area contributed by atoms with E-state index in [1.807, 2.05) is 0 Å². The summed E-state index contributed by atoms with van der Waals surface area (Å²) in [5.74, 6) is -1.88. The molecule has 0 aliphatic heterocycles. The molecule has 0 aliphatic carbocycles. The van der Waals surface area contributed by atoms with Crippen LogP contribution in [0.15, 0.2) is 24.3 Å². The number of alkyl halides is 3. The van der Waals surface area contributed by atoms with Crippen LogP contribution in [0.25, 0.3) is 0 Å². The highest BCUT2D eigenvalue weighted by molar-refractivity contribution is 5.97. The molecule has 0 bridgehead atoms. The Bertz CT molecular complexity index is 604. The van der Waals surface area contributed by atoms with Gasteiger partial charge in [0.2, 0.25) is 0 Å². The van der Waals surface area contributed by atoms with Gasteiger partial charge in [0, 0.05) is 7.11 Å². The van der Waals surface area contributed by atoms with Crippen LogP contribution in [-0.4, -0.2) is 44.3 Å². The first kappa shape index (κ1) is 19.4. The number of halogens is 3. The van der Waals surface area contributed by atoms with Crippen LogP contribution in [0.1, 0.15) is 15.9 Å². The summed E-state index contributed by atoms with van der Waals surface area (Å²) in [6.45, 7) is -2.12. The molecule has 1 aromatic rings. The number of urea groups is 1. The predicted molar refractivity (Wildman–Crippen MR) is 75.0 cm³/mol. The number of ether oxygens (including phenoxy) is 2. The molecule has 10 heteroatoms. The number of hydrogen-bond acceptors (Lipinski definition) is 5. The number of hydrogen-bond donors (Lipinski definition) is 2. The largest absolute Gasteiger partial charge is 0.452 e. The summed E-state index contributed by atoms with van der Waals surface area (Å²) in [5.41, 5.74) is 0.877. The first-order chi connectivity index (χ1) is 11.2. The van der Waals surface area contributed by atoms with E-state index in [1.165, 1.54) is 24.6 Å². The summed E-state index contributed by atoms with van der Waals surface area (Å²) in [4.78, 5) is 34.1. The van der Waals surface area contributed by atoms with Crippen LogP contribution < -0.4 is 10.6 Å². The van der Waals surface area contributed by atoms with E-state index in [2.05, 4.69) is 4.74 Å². The summed E-state index contributed by atoms with van der Waals surface area (Å²) in [5, 5.41) is 3.05. The topological polar surface area (TPSA) is 93.7 Å². The van der Waals surface area contributed by atoms with Crippen molar-refractivity contribution in [1.29, 1.82) is 0 Å². The molecule has 132 valence electrons. The van der Waals surface area contributed by atoms with Gasteiger partial charge in [-0.2, -0.15) is 13.2 Å². The summed E-state index contributed by atoms with van der Waals surface area (Å²) >= 11 is 0. The molecular weight excluding hydrogens is 333 g/mol. The van der Waals surface area contributed by atoms with Crippen molar-refractivity contribution in [1.82, 2.24) is 10.6 Å². The van der Waals surface area contributed by atoms with Gasteiger partial charge in [-0.25, -0.2) is 9.59 Å². The van der Waals surface area contributed by atoms with Crippen LogP contribution in [0.3, 0.4) is 0 Å². The van der Waals surface area contributed by atoms with E-state index in [9.17, 15) is 27.6 Å². The Morgan fingerprint density at radius 1 is 1.21 bits per heavy atom. The lowest BCUT2D eigenvalue weighted by Gasteiger charge is -2.09. The number of carbonyl (C=O) groups excluding carboxylic acids is 3. The van der Waals surface area contributed by atoms with Gasteiger partial charge in [0.25, 0.3) is 5.91 Å². The summed E-state index contributed by atoms with van der Waals surface area (Å²) < 4.78 is 45.2. The van der Waals surface area contributed by atoms with Gasteiger partial charge < -0.3 is 14.8 Å². The predicted octanol–water partition coefficient (Wildman–Crippen LogP) is 1.38. The number of rotatable bonds is 6. The molecule has 0 unspecified atom stereocenters. The fraction of sp³-hybridized carbons (Fsp3) is 0.357. The van der Waals surface area contributed by atoms with Gasteiger partial charge in [-0.15, -0.1) is 0 Å². The molecule has 0 radical (unpaired) electrons. The molecule has 0 aromatic heterocycles. The van der Waals surface area contributed by atoms with Crippen LogP contribution in [-0.2, 0) is 20.9 Å². The minimum absolute atomic E-state index is 0.166. The summed E-state index contributed by atoms with van der Waals surface area (Å²) in [6.07, 6.45) is -4.60. The van der Waals surface area contributed by atoms with E-state index in [0.717, 1.165) is 0 Å². The Morgan fingerprint density at radius 2 is 1.92 bits per heavy atom. The number of imide groups is 1. The average molecular weight is 348 g/mol. The zero-order valence-electron chi connectivity index (χ0n) is 12.6. The Balaban J connectivity index is 2.42. The molecule has 0 saturated heterocycles. The minimum atomic E-state index is -4.60. The normalized spacial score (nSPS) is 10.8. The lowest BCUT2D eigenvalue weighted by atomic mass is 10.1. The molecule has 7 nitrogen and oxygen atoms in total. The number of benzene rings is 1. The summed E-state index contributed by atoms with van der Waals surface area (Å²) in [6, 6.07) is 4.93. The number of carbonyl (C=O) groups is 3. The van der Waals surface area contributed by atoms with E-state index in [1.54, 1.807) is 17.4 Å². The monoisotopic (exact) mass is 348 g/mol. The molecular formula is C14H15F3N2O5. The quantitative estimate of drug-likeness (QED) is 0.758. The maximum absolute atomic E-state index is 11.9. The highest BCUT2D eigenvalue weighted by Gasteiger charge is 2.28. The fourth-order valence-electron chi connectivity index (χ4n) is 1.56. The van der Waals surface area contributed by atoms with Crippen molar-refractivity contribution in [2.45, 2.75) is 12.8 Å². The zero-order chi connectivity index (χ0) is 18.2. The number of nitrogens with one attached hydrogen (secondary N) is 2. The molecule has 0 heterocycles. The van der Waals surface area contributed by atoms with Crippen molar-refractivity contribution in [2.75, 3.05) is 20.3 Å². The van der Waals surface area contributed by atoms with E-state index in [-0.39, 0.29) is 12.2 Å². The molecule has 0 saturated carbocycles. The van der Waals surface area contributed by atoms with Gasteiger partial charge in [-0.05, 0) is 17.7 Å². The van der Waals surface area contributed by atoms with Crippen LogP contribution in [0, 0.1) is 0 Å². The second kappa shape index (κ2) is 8.87. The van der Waals surface area contributed by atoms with Crippen LogP contribution in [0.2, 0.25) is 0 Å². The molecule has 0 fully saturated rings. The molecule has 1 aromatic carbocycles. The number of methoxy groups -OCH3 is 1. The van der Waals surface area contributed by atoms with Crippen molar-refractivity contribution >= 4 is 17.9 Å². The first-order valence-electron chi connectivity index (χ1n) is 6.60. The maximum atomic E-state index is 11.9. The Morgan fingerprint density at radius 3 is 2.54 bits per heavy atom. The van der Waals surface area contributed by atoms with Crippen molar-refractivity contribution < 1.29 is 37.0 Å².